The quantitative estimate of drug-likeness (QED) is 0.617. The molecule has 0 unspecified atom stereocenters. The highest BCUT2D eigenvalue weighted by molar-refractivity contribution is 5.27. The van der Waals surface area contributed by atoms with Crippen LogP contribution in [-0.2, 0) is 0 Å². The second-order valence-corrected chi connectivity index (χ2v) is 2.81. The second kappa shape index (κ2) is 4.78. The zero-order valence-corrected chi connectivity index (χ0v) is 7.65. The lowest BCUT2D eigenvalue weighted by Crippen LogP contribution is -1.90. The van der Waals surface area contributed by atoms with E-state index in [4.69, 9.17) is 5.73 Å². The summed E-state index contributed by atoms with van der Waals surface area (Å²) < 4.78 is 0. The summed E-state index contributed by atoms with van der Waals surface area (Å²) in [6.07, 6.45) is 5.08. The Balaban J connectivity index is 4.26. The average molecular weight is 151 g/mol. The average Bonchev–Trinajstić information content (AvgIpc) is 1.85. The van der Waals surface area contributed by atoms with Gasteiger partial charge in [-0.05, 0) is 31.9 Å². The number of nitrogens with two attached hydrogens (primary N) is 1. The van der Waals surface area contributed by atoms with Gasteiger partial charge in [-0.15, -0.1) is 0 Å². The van der Waals surface area contributed by atoms with Gasteiger partial charge in [0.05, 0.1) is 0 Å². The van der Waals surface area contributed by atoms with E-state index in [0.717, 1.165) is 12.0 Å². The van der Waals surface area contributed by atoms with Crippen LogP contribution in [0.15, 0.2) is 35.6 Å². The molecule has 0 saturated carbocycles. The van der Waals surface area contributed by atoms with E-state index in [1.807, 2.05) is 13.0 Å². The molecule has 2 N–H and O–H groups in total. The summed E-state index contributed by atoms with van der Waals surface area (Å²) in [5.41, 5.74) is 8.55. The van der Waals surface area contributed by atoms with Gasteiger partial charge in [0.15, 0.2) is 0 Å². The molecule has 0 radical (unpaired) electrons. The maximum absolute atomic E-state index is 5.41. The lowest BCUT2D eigenvalue weighted by molar-refractivity contribution is 1.09. The van der Waals surface area contributed by atoms with Crippen LogP contribution in [-0.4, -0.2) is 0 Å². The molecule has 0 aliphatic heterocycles. The van der Waals surface area contributed by atoms with Crippen molar-refractivity contribution in [3.63, 3.8) is 0 Å². The number of allylic oxidation sites excluding steroid dienone is 4. The van der Waals surface area contributed by atoms with E-state index in [0.29, 0.717) is 5.70 Å². The number of hydrogen-bond acceptors (Lipinski definition) is 1. The lowest BCUT2D eigenvalue weighted by Gasteiger charge is -1.96. The van der Waals surface area contributed by atoms with Gasteiger partial charge in [0, 0.05) is 5.70 Å². The summed E-state index contributed by atoms with van der Waals surface area (Å²) in [7, 11) is 0. The van der Waals surface area contributed by atoms with Gasteiger partial charge in [-0.3, -0.25) is 0 Å². The Kier molecular flexibility index (Phi) is 4.35. The fourth-order valence-corrected chi connectivity index (χ4v) is 0.825. The van der Waals surface area contributed by atoms with Crippen molar-refractivity contribution in [1.29, 1.82) is 0 Å². The zero-order chi connectivity index (χ0) is 8.85. The molecule has 0 amide bonds. The highest BCUT2D eigenvalue weighted by Crippen LogP contribution is 2.05. The number of rotatable bonds is 3. The summed E-state index contributed by atoms with van der Waals surface area (Å²) >= 11 is 0. The molecule has 0 aromatic carbocycles. The van der Waals surface area contributed by atoms with E-state index in [1.54, 1.807) is 0 Å². The van der Waals surface area contributed by atoms with Crippen LogP contribution in [0.25, 0.3) is 0 Å². The monoisotopic (exact) mass is 151 g/mol. The van der Waals surface area contributed by atoms with Gasteiger partial charge in [0.1, 0.15) is 0 Å². The summed E-state index contributed by atoms with van der Waals surface area (Å²) in [4.78, 5) is 0. The number of hydrogen-bond donors (Lipinski definition) is 1. The van der Waals surface area contributed by atoms with E-state index in [-0.39, 0.29) is 0 Å². The van der Waals surface area contributed by atoms with Crippen LogP contribution in [0.3, 0.4) is 0 Å². The Labute approximate surface area is 69.3 Å². The summed E-state index contributed by atoms with van der Waals surface area (Å²) in [6, 6.07) is 0. The van der Waals surface area contributed by atoms with Crippen LogP contribution in [0.1, 0.15) is 27.2 Å². The minimum absolute atomic E-state index is 0.614. The van der Waals surface area contributed by atoms with Crippen molar-refractivity contribution in [3.05, 3.63) is 35.6 Å². The van der Waals surface area contributed by atoms with Crippen LogP contribution in [0.2, 0.25) is 0 Å². The predicted molar refractivity (Wildman–Crippen MR) is 51.1 cm³/mol. The Hall–Kier alpha value is -0.980. The van der Waals surface area contributed by atoms with Gasteiger partial charge in [-0.2, -0.15) is 0 Å². The topological polar surface area (TPSA) is 26.0 Å². The Bertz CT molecular complexity index is 197. The Morgan fingerprint density at radius 3 is 2.27 bits per heavy atom. The minimum atomic E-state index is 0.614. The summed E-state index contributed by atoms with van der Waals surface area (Å²) in [6.45, 7) is 9.87. The molecule has 0 atom stereocenters. The van der Waals surface area contributed by atoms with Crippen molar-refractivity contribution in [2.75, 3.05) is 0 Å². The first-order chi connectivity index (χ1) is 5.06. The van der Waals surface area contributed by atoms with Crippen molar-refractivity contribution in [2.45, 2.75) is 27.2 Å². The third kappa shape index (κ3) is 5.46. The zero-order valence-electron chi connectivity index (χ0n) is 7.65. The largest absolute Gasteiger partial charge is 0.399 e. The van der Waals surface area contributed by atoms with Crippen molar-refractivity contribution in [2.24, 2.45) is 5.73 Å². The molecule has 0 saturated heterocycles. The van der Waals surface area contributed by atoms with E-state index in [2.05, 4.69) is 26.5 Å². The first-order valence-corrected chi connectivity index (χ1v) is 3.86. The molecule has 0 aromatic heterocycles. The van der Waals surface area contributed by atoms with Crippen LogP contribution < -0.4 is 5.73 Å². The molecular formula is C10H17N. The molecule has 0 aliphatic carbocycles. The van der Waals surface area contributed by atoms with Crippen molar-refractivity contribution < 1.29 is 0 Å². The van der Waals surface area contributed by atoms with E-state index in [1.165, 1.54) is 5.57 Å². The van der Waals surface area contributed by atoms with E-state index >= 15 is 0 Å². The molecule has 11 heavy (non-hydrogen) atoms. The fraction of sp³-hybridized carbons (Fsp3) is 0.400. The van der Waals surface area contributed by atoms with Crippen LogP contribution in [0, 0.1) is 0 Å². The molecule has 1 heteroatoms. The molecule has 0 aromatic rings. The van der Waals surface area contributed by atoms with Crippen molar-refractivity contribution in [1.82, 2.24) is 0 Å². The van der Waals surface area contributed by atoms with Crippen molar-refractivity contribution in [3.8, 4) is 0 Å². The van der Waals surface area contributed by atoms with Gasteiger partial charge < -0.3 is 5.73 Å². The molecule has 0 fully saturated rings. The van der Waals surface area contributed by atoms with Gasteiger partial charge >= 0.3 is 0 Å². The maximum Gasteiger partial charge on any atom is 0.0243 e. The minimum Gasteiger partial charge on any atom is -0.399 e. The SMILES string of the molecule is C=C(N)/C=C(C)\C=C(\C)CC. The highest BCUT2D eigenvalue weighted by atomic mass is 14.5. The first-order valence-electron chi connectivity index (χ1n) is 3.86. The lowest BCUT2D eigenvalue weighted by atomic mass is 10.1. The normalized spacial score (nSPS) is 13.4. The van der Waals surface area contributed by atoms with Gasteiger partial charge in [-0.25, -0.2) is 0 Å². The first kappa shape index (κ1) is 10.0. The van der Waals surface area contributed by atoms with Crippen molar-refractivity contribution >= 4 is 0 Å². The molecule has 62 valence electrons. The van der Waals surface area contributed by atoms with Gasteiger partial charge in [0.2, 0.25) is 0 Å². The Morgan fingerprint density at radius 2 is 1.91 bits per heavy atom. The molecular weight excluding hydrogens is 134 g/mol. The predicted octanol–water partition coefficient (Wildman–Crippen LogP) is 2.76. The molecule has 0 spiro atoms. The van der Waals surface area contributed by atoms with E-state index in [9.17, 15) is 0 Å². The molecule has 0 rings (SSSR count). The summed E-state index contributed by atoms with van der Waals surface area (Å²) in [5.74, 6) is 0. The third-order valence-corrected chi connectivity index (χ3v) is 1.44. The molecule has 0 heterocycles. The molecule has 1 nitrogen and oxygen atoms in total. The fourth-order valence-electron chi connectivity index (χ4n) is 0.825. The molecule has 0 aliphatic rings. The van der Waals surface area contributed by atoms with Crippen LogP contribution >= 0.6 is 0 Å². The van der Waals surface area contributed by atoms with Crippen LogP contribution in [0.4, 0.5) is 0 Å². The van der Waals surface area contributed by atoms with Crippen LogP contribution in [0.5, 0.6) is 0 Å². The third-order valence-electron chi connectivity index (χ3n) is 1.44. The highest BCUT2D eigenvalue weighted by Gasteiger charge is 1.86. The maximum atomic E-state index is 5.41. The standard InChI is InChI=1S/C10H17N/c1-5-8(2)6-9(3)7-10(4)11/h6-7H,4-5,11H2,1-3H3/b8-6-,9-7-. The van der Waals surface area contributed by atoms with Gasteiger partial charge in [0.25, 0.3) is 0 Å². The Morgan fingerprint density at radius 1 is 1.36 bits per heavy atom. The smallest absolute Gasteiger partial charge is 0.0243 e. The summed E-state index contributed by atoms with van der Waals surface area (Å²) in [5, 5.41) is 0. The second-order valence-electron chi connectivity index (χ2n) is 2.81. The molecule has 0 bridgehead atoms. The van der Waals surface area contributed by atoms with Gasteiger partial charge in [-0.1, -0.05) is 25.2 Å². The van der Waals surface area contributed by atoms with E-state index < -0.39 is 0 Å².